The van der Waals surface area contributed by atoms with Gasteiger partial charge in [-0.25, -0.2) is 9.59 Å². The van der Waals surface area contributed by atoms with Crippen LogP contribution in [0.2, 0.25) is 0 Å². The van der Waals surface area contributed by atoms with Crippen molar-refractivity contribution in [1.82, 2.24) is 4.90 Å². The second kappa shape index (κ2) is 18.3. The fourth-order valence-electron chi connectivity index (χ4n) is 3.06. The van der Waals surface area contributed by atoms with E-state index in [0.29, 0.717) is 5.56 Å². The predicted molar refractivity (Wildman–Crippen MR) is 122 cm³/mol. The summed E-state index contributed by atoms with van der Waals surface area (Å²) in [5.41, 5.74) is 13.0. The zero-order chi connectivity index (χ0) is 25.1. The highest BCUT2D eigenvalue weighted by molar-refractivity contribution is 5.89. The van der Waals surface area contributed by atoms with Gasteiger partial charge in [0, 0.05) is 6.54 Å². The highest BCUT2D eigenvalue weighted by atomic mass is 19.4. The zero-order valence-corrected chi connectivity index (χ0v) is 19.4. The lowest BCUT2D eigenvalue weighted by Gasteiger charge is -2.22. The number of rotatable bonds is 15. The van der Waals surface area contributed by atoms with Crippen molar-refractivity contribution in [3.05, 3.63) is 35.4 Å². The van der Waals surface area contributed by atoms with Gasteiger partial charge in [-0.3, -0.25) is 4.90 Å². The number of carbonyl (C=O) groups is 2. The Morgan fingerprint density at radius 3 is 1.67 bits per heavy atom. The first-order valence-electron chi connectivity index (χ1n) is 11.3. The van der Waals surface area contributed by atoms with Crippen LogP contribution in [0, 0.1) is 0 Å². The molecule has 0 saturated carbocycles. The van der Waals surface area contributed by atoms with Gasteiger partial charge in [0.25, 0.3) is 0 Å². The molecule has 7 nitrogen and oxygen atoms in total. The summed E-state index contributed by atoms with van der Waals surface area (Å²) in [7, 11) is 1.41. The summed E-state index contributed by atoms with van der Waals surface area (Å²) < 4.78 is 36.5. The van der Waals surface area contributed by atoms with Crippen LogP contribution in [0.4, 0.5) is 13.2 Å². The highest BCUT2D eigenvalue weighted by Crippen LogP contribution is 2.13. The topological polar surface area (TPSA) is 119 Å². The molecular formula is C23H38F3N3O4. The van der Waals surface area contributed by atoms with Crippen LogP contribution in [-0.2, 0) is 16.1 Å². The van der Waals surface area contributed by atoms with E-state index in [1.807, 2.05) is 24.3 Å². The van der Waals surface area contributed by atoms with E-state index in [2.05, 4.69) is 4.90 Å². The quantitative estimate of drug-likeness (QED) is 0.259. The van der Waals surface area contributed by atoms with E-state index >= 15 is 0 Å². The third-order valence-electron chi connectivity index (χ3n) is 4.88. The van der Waals surface area contributed by atoms with Gasteiger partial charge < -0.3 is 21.3 Å². The van der Waals surface area contributed by atoms with Gasteiger partial charge in [-0.2, -0.15) is 13.2 Å². The minimum Gasteiger partial charge on any atom is -0.475 e. The van der Waals surface area contributed by atoms with Crippen molar-refractivity contribution in [3.63, 3.8) is 0 Å². The van der Waals surface area contributed by atoms with Gasteiger partial charge in [0.1, 0.15) is 0 Å². The molecule has 1 aromatic rings. The molecule has 0 atom stereocenters. The minimum atomic E-state index is -5.08. The molecule has 190 valence electrons. The summed E-state index contributed by atoms with van der Waals surface area (Å²) in [6.45, 7) is 4.73. The summed E-state index contributed by atoms with van der Waals surface area (Å²) in [5, 5.41) is 7.12. The maximum absolute atomic E-state index is 11.6. The smallest absolute Gasteiger partial charge is 0.475 e. The molecule has 1 rings (SSSR count). The van der Waals surface area contributed by atoms with Gasteiger partial charge >= 0.3 is 18.1 Å². The third-order valence-corrected chi connectivity index (χ3v) is 4.88. The molecule has 0 heterocycles. The van der Waals surface area contributed by atoms with Crippen LogP contribution >= 0.6 is 0 Å². The van der Waals surface area contributed by atoms with Gasteiger partial charge in [-0.05, 0) is 69.6 Å². The molecule has 0 aliphatic rings. The number of ether oxygens (including phenoxy) is 1. The third kappa shape index (κ3) is 16.1. The maximum Gasteiger partial charge on any atom is 0.490 e. The Bertz CT molecular complexity index is 641. The van der Waals surface area contributed by atoms with E-state index < -0.39 is 12.1 Å². The second-order valence-corrected chi connectivity index (χ2v) is 7.67. The molecule has 0 bridgehead atoms. The lowest BCUT2D eigenvalue weighted by atomic mass is 10.1. The Morgan fingerprint density at radius 2 is 1.30 bits per heavy atom. The molecule has 33 heavy (non-hydrogen) atoms. The first kappa shape index (κ1) is 30.8. The number of halogens is 3. The Morgan fingerprint density at radius 1 is 0.879 bits per heavy atom. The number of esters is 1. The number of methoxy groups -OCH3 is 1. The molecule has 10 heteroatoms. The lowest BCUT2D eigenvalue weighted by Crippen LogP contribution is -2.25. The van der Waals surface area contributed by atoms with Crippen LogP contribution in [0.1, 0.15) is 67.3 Å². The Balaban J connectivity index is 0.00000126. The first-order valence-corrected chi connectivity index (χ1v) is 11.3. The number of hydrogen-bond donors (Lipinski definition) is 3. The second-order valence-electron chi connectivity index (χ2n) is 7.67. The standard InChI is InChI=1S/C21H37N3O2.C2HF3O2/c1-26-21(25)20-12-10-19(11-13-20)18-24(16-8-4-2-6-14-22)17-9-5-3-7-15-23;3-2(4,5)1(6)7/h10-13H,2-9,14-18,22-23H2,1H3;(H,6,7). The first-order chi connectivity index (χ1) is 15.6. The number of unbranched alkanes of at least 4 members (excludes halogenated alkanes) is 6. The van der Waals surface area contributed by atoms with E-state index in [1.165, 1.54) is 51.2 Å². The maximum atomic E-state index is 11.6. The van der Waals surface area contributed by atoms with Gasteiger partial charge in [-0.1, -0.05) is 37.8 Å². The van der Waals surface area contributed by atoms with E-state index in [9.17, 15) is 18.0 Å². The molecule has 5 N–H and O–H groups in total. The summed E-state index contributed by atoms with van der Waals surface area (Å²) in [6, 6.07) is 7.76. The van der Waals surface area contributed by atoms with Crippen molar-refractivity contribution in [2.24, 2.45) is 11.5 Å². The molecule has 0 aliphatic heterocycles. The molecule has 0 aromatic heterocycles. The molecule has 0 amide bonds. The SMILES string of the molecule is COC(=O)c1ccc(CN(CCCCCCN)CCCCCCN)cc1.O=C(O)C(F)(F)F. The van der Waals surface area contributed by atoms with E-state index in [0.717, 1.165) is 45.6 Å². The van der Waals surface area contributed by atoms with Crippen molar-refractivity contribution in [2.75, 3.05) is 33.3 Å². The Hall–Kier alpha value is -2.17. The van der Waals surface area contributed by atoms with Gasteiger partial charge in [0.2, 0.25) is 0 Å². The molecule has 1 aromatic carbocycles. The van der Waals surface area contributed by atoms with Gasteiger partial charge in [-0.15, -0.1) is 0 Å². The fourth-order valence-corrected chi connectivity index (χ4v) is 3.06. The van der Waals surface area contributed by atoms with Crippen LogP contribution in [0.3, 0.4) is 0 Å². The van der Waals surface area contributed by atoms with E-state index in [1.54, 1.807) is 0 Å². The predicted octanol–water partition coefficient (Wildman–Crippen LogP) is 3.95. The summed E-state index contributed by atoms with van der Waals surface area (Å²) in [6.07, 6.45) is 4.49. The molecule has 0 spiro atoms. The number of benzene rings is 1. The Labute approximate surface area is 194 Å². The van der Waals surface area contributed by atoms with Gasteiger partial charge in [0.05, 0.1) is 12.7 Å². The summed E-state index contributed by atoms with van der Waals surface area (Å²) >= 11 is 0. The number of aliphatic carboxylic acids is 1. The van der Waals surface area contributed by atoms with Crippen molar-refractivity contribution >= 4 is 11.9 Å². The number of alkyl halides is 3. The van der Waals surface area contributed by atoms with Crippen molar-refractivity contribution in [1.29, 1.82) is 0 Å². The van der Waals surface area contributed by atoms with Crippen molar-refractivity contribution in [2.45, 2.75) is 64.1 Å². The monoisotopic (exact) mass is 477 g/mol. The van der Waals surface area contributed by atoms with Crippen LogP contribution in [0.15, 0.2) is 24.3 Å². The average Bonchev–Trinajstić information content (AvgIpc) is 2.78. The highest BCUT2D eigenvalue weighted by Gasteiger charge is 2.38. The molecule has 0 unspecified atom stereocenters. The largest absolute Gasteiger partial charge is 0.490 e. The fraction of sp³-hybridized carbons (Fsp3) is 0.652. The summed E-state index contributed by atoms with van der Waals surface area (Å²) in [5.74, 6) is -3.04. The Kier molecular flexibility index (Phi) is 17.1. The number of carboxylic acids is 1. The van der Waals surface area contributed by atoms with Crippen LogP contribution in [0.5, 0.6) is 0 Å². The molecule has 0 saturated heterocycles. The number of carbonyl (C=O) groups excluding carboxylic acids is 1. The summed E-state index contributed by atoms with van der Waals surface area (Å²) in [4.78, 5) is 23.0. The minimum absolute atomic E-state index is 0.284. The number of carboxylic acid groups (broad SMARTS) is 1. The normalized spacial score (nSPS) is 11.1. The molecule has 0 aliphatic carbocycles. The lowest BCUT2D eigenvalue weighted by molar-refractivity contribution is -0.192. The molecule has 0 fully saturated rings. The van der Waals surface area contributed by atoms with Crippen LogP contribution in [0.25, 0.3) is 0 Å². The van der Waals surface area contributed by atoms with Crippen LogP contribution < -0.4 is 11.5 Å². The molecular weight excluding hydrogens is 439 g/mol. The van der Waals surface area contributed by atoms with Gasteiger partial charge in [0.15, 0.2) is 0 Å². The molecule has 0 radical (unpaired) electrons. The van der Waals surface area contributed by atoms with Crippen LogP contribution in [-0.4, -0.2) is 61.4 Å². The van der Waals surface area contributed by atoms with Crippen molar-refractivity contribution in [3.8, 4) is 0 Å². The zero-order valence-electron chi connectivity index (χ0n) is 19.4. The van der Waals surface area contributed by atoms with Crippen molar-refractivity contribution < 1.29 is 32.6 Å². The number of nitrogens with two attached hydrogens (primary N) is 2. The average molecular weight is 478 g/mol. The number of nitrogens with zero attached hydrogens (tertiary/aromatic N) is 1. The van der Waals surface area contributed by atoms with E-state index in [4.69, 9.17) is 26.1 Å². The number of hydrogen-bond acceptors (Lipinski definition) is 6. The van der Waals surface area contributed by atoms with E-state index in [-0.39, 0.29) is 5.97 Å².